The fraction of sp³-hybridized carbons (Fsp3) is 0.370. The molecular weight excluding hydrogens is 458 g/mol. The zero-order valence-electron chi connectivity index (χ0n) is 21.0. The molecule has 0 saturated heterocycles. The molecule has 3 aromatic rings. The topological polar surface area (TPSA) is 81.1 Å². The smallest absolute Gasteiger partial charge is 0.255 e. The first-order valence-corrected chi connectivity index (χ1v) is 13.1. The fourth-order valence-corrected chi connectivity index (χ4v) is 4.64. The standard InChI is InChI=1S/C27H33N5O2S/c1-6-8-16-34-21-14-12-20(13-15-21)24-23(25(33)29-22-11-9-10-17(3)18(22)4)19(5)28-26-30-27(35-7-2)31-32(24)26/h9-15,24H,6-8,16H2,1-5H3,(H,29,33)(H,28,30,31). The minimum atomic E-state index is -0.417. The summed E-state index contributed by atoms with van der Waals surface area (Å²) in [6.45, 7) is 10.9. The van der Waals surface area contributed by atoms with Crippen LogP contribution in [0.3, 0.4) is 0 Å². The second kappa shape index (κ2) is 11.0. The summed E-state index contributed by atoms with van der Waals surface area (Å²) in [7, 11) is 0. The second-order valence-electron chi connectivity index (χ2n) is 8.63. The van der Waals surface area contributed by atoms with Crippen LogP contribution in [0.25, 0.3) is 0 Å². The highest BCUT2D eigenvalue weighted by molar-refractivity contribution is 7.99. The van der Waals surface area contributed by atoms with Crippen LogP contribution < -0.4 is 15.4 Å². The Balaban J connectivity index is 1.71. The molecule has 0 saturated carbocycles. The number of ether oxygens (including phenoxy) is 1. The Morgan fingerprint density at radius 1 is 1.14 bits per heavy atom. The number of allylic oxidation sites excluding steroid dienone is 1. The van der Waals surface area contributed by atoms with E-state index >= 15 is 0 Å². The number of nitrogens with one attached hydrogen (secondary N) is 2. The van der Waals surface area contributed by atoms with Gasteiger partial charge in [-0.3, -0.25) is 4.79 Å². The van der Waals surface area contributed by atoms with E-state index in [1.54, 1.807) is 11.8 Å². The average Bonchev–Trinajstić information content (AvgIpc) is 3.24. The van der Waals surface area contributed by atoms with Crippen LogP contribution in [-0.4, -0.2) is 33.0 Å². The van der Waals surface area contributed by atoms with Crippen LogP contribution in [0, 0.1) is 13.8 Å². The summed E-state index contributed by atoms with van der Waals surface area (Å²) >= 11 is 1.57. The molecule has 1 aliphatic heterocycles. The number of carbonyl (C=O) groups excluding carboxylic acids is 1. The van der Waals surface area contributed by atoms with E-state index in [9.17, 15) is 4.79 Å². The number of aryl methyl sites for hydroxylation is 1. The van der Waals surface area contributed by atoms with Gasteiger partial charge in [-0.25, -0.2) is 4.68 Å². The van der Waals surface area contributed by atoms with Crippen LogP contribution in [0.1, 0.15) is 56.3 Å². The van der Waals surface area contributed by atoms with Crippen molar-refractivity contribution < 1.29 is 9.53 Å². The number of rotatable bonds is 9. The van der Waals surface area contributed by atoms with Gasteiger partial charge < -0.3 is 15.4 Å². The van der Waals surface area contributed by atoms with Gasteiger partial charge in [0.25, 0.3) is 5.91 Å². The third-order valence-electron chi connectivity index (χ3n) is 6.17. The SMILES string of the molecule is CCCCOc1ccc(C2C(C(=O)Nc3cccc(C)c3C)=C(C)Nc3nc(SCC)nn32)cc1. The third-order valence-corrected chi connectivity index (χ3v) is 6.89. The highest BCUT2D eigenvalue weighted by Gasteiger charge is 2.34. The van der Waals surface area contributed by atoms with Crippen molar-refractivity contribution in [2.75, 3.05) is 23.0 Å². The maximum atomic E-state index is 13.7. The molecule has 0 radical (unpaired) electrons. The van der Waals surface area contributed by atoms with E-state index in [-0.39, 0.29) is 5.91 Å². The average molecular weight is 492 g/mol. The monoisotopic (exact) mass is 491 g/mol. The number of fused-ring (bicyclic) bond motifs is 1. The van der Waals surface area contributed by atoms with Gasteiger partial charge in [0.2, 0.25) is 11.1 Å². The number of anilines is 2. The van der Waals surface area contributed by atoms with Crippen LogP contribution in [0.2, 0.25) is 0 Å². The largest absolute Gasteiger partial charge is 0.494 e. The van der Waals surface area contributed by atoms with Crippen molar-refractivity contribution in [2.45, 2.75) is 58.7 Å². The van der Waals surface area contributed by atoms with Crippen LogP contribution in [0.15, 0.2) is 58.9 Å². The molecular formula is C27H33N5O2S. The normalized spacial score (nSPS) is 14.9. The Hall–Kier alpha value is -3.26. The number of unbranched alkanes of at least 4 members (excludes halogenated alkanes) is 1. The van der Waals surface area contributed by atoms with Crippen molar-refractivity contribution in [3.05, 3.63) is 70.4 Å². The summed E-state index contributed by atoms with van der Waals surface area (Å²) in [4.78, 5) is 18.4. The predicted octanol–water partition coefficient (Wildman–Crippen LogP) is 6.11. The lowest BCUT2D eigenvalue weighted by atomic mass is 9.94. The molecule has 1 aliphatic rings. The molecule has 0 bridgehead atoms. The molecule has 7 nitrogen and oxygen atoms in total. The predicted molar refractivity (Wildman–Crippen MR) is 142 cm³/mol. The van der Waals surface area contributed by atoms with Crippen LogP contribution in [0.5, 0.6) is 5.75 Å². The second-order valence-corrected chi connectivity index (χ2v) is 9.87. The molecule has 0 fully saturated rings. The van der Waals surface area contributed by atoms with Crippen molar-refractivity contribution in [3.63, 3.8) is 0 Å². The first kappa shape index (κ1) is 24.9. The molecule has 0 spiro atoms. The fourth-order valence-electron chi connectivity index (χ4n) is 4.08. The van der Waals surface area contributed by atoms with Gasteiger partial charge in [0.15, 0.2) is 0 Å². The number of thioether (sulfide) groups is 1. The van der Waals surface area contributed by atoms with E-state index in [0.29, 0.717) is 23.3 Å². The molecule has 2 aromatic carbocycles. The first-order valence-electron chi connectivity index (χ1n) is 12.1. The van der Waals surface area contributed by atoms with Gasteiger partial charge in [0, 0.05) is 11.4 Å². The number of benzene rings is 2. The minimum absolute atomic E-state index is 0.164. The van der Waals surface area contributed by atoms with Crippen molar-refractivity contribution in [1.29, 1.82) is 0 Å². The van der Waals surface area contributed by atoms with E-state index in [2.05, 4.69) is 29.5 Å². The Labute approximate surface area is 211 Å². The lowest BCUT2D eigenvalue weighted by Gasteiger charge is -2.29. The number of aromatic nitrogens is 3. The number of carbonyl (C=O) groups is 1. The van der Waals surface area contributed by atoms with E-state index < -0.39 is 6.04 Å². The van der Waals surface area contributed by atoms with Crippen LogP contribution >= 0.6 is 11.8 Å². The summed E-state index contributed by atoms with van der Waals surface area (Å²) in [5.41, 5.74) is 5.30. The molecule has 1 amide bonds. The van der Waals surface area contributed by atoms with Crippen LogP contribution in [0.4, 0.5) is 11.6 Å². The Morgan fingerprint density at radius 2 is 1.91 bits per heavy atom. The third kappa shape index (κ3) is 5.37. The maximum absolute atomic E-state index is 13.7. The highest BCUT2D eigenvalue weighted by Crippen LogP contribution is 2.37. The van der Waals surface area contributed by atoms with Crippen molar-refractivity contribution in [3.8, 4) is 5.75 Å². The molecule has 4 rings (SSSR count). The van der Waals surface area contributed by atoms with Gasteiger partial charge in [0.1, 0.15) is 11.8 Å². The lowest BCUT2D eigenvalue weighted by Crippen LogP contribution is -2.31. The van der Waals surface area contributed by atoms with Gasteiger partial charge in [-0.2, -0.15) is 4.98 Å². The molecule has 1 aromatic heterocycles. The van der Waals surface area contributed by atoms with Gasteiger partial charge in [-0.15, -0.1) is 5.10 Å². The molecule has 1 unspecified atom stereocenters. The first-order chi connectivity index (χ1) is 16.9. The van der Waals surface area contributed by atoms with E-state index in [1.165, 1.54) is 0 Å². The summed E-state index contributed by atoms with van der Waals surface area (Å²) in [5, 5.41) is 11.9. The molecule has 35 heavy (non-hydrogen) atoms. The molecule has 1 atom stereocenters. The quantitative estimate of drug-likeness (QED) is 0.277. The maximum Gasteiger partial charge on any atom is 0.255 e. The molecule has 0 aliphatic carbocycles. The Morgan fingerprint density at radius 3 is 2.63 bits per heavy atom. The van der Waals surface area contributed by atoms with E-state index in [4.69, 9.17) is 9.84 Å². The highest BCUT2D eigenvalue weighted by atomic mass is 32.2. The molecule has 2 N–H and O–H groups in total. The number of hydrogen-bond donors (Lipinski definition) is 2. The zero-order chi connectivity index (χ0) is 24.9. The van der Waals surface area contributed by atoms with Gasteiger partial charge in [-0.1, -0.05) is 56.3 Å². The van der Waals surface area contributed by atoms with E-state index in [0.717, 1.165) is 52.4 Å². The number of hydrogen-bond acceptors (Lipinski definition) is 6. The van der Waals surface area contributed by atoms with Crippen LogP contribution in [-0.2, 0) is 4.79 Å². The Kier molecular flexibility index (Phi) is 7.80. The van der Waals surface area contributed by atoms with Gasteiger partial charge in [-0.05, 0) is 67.8 Å². The minimum Gasteiger partial charge on any atom is -0.494 e. The Bertz CT molecular complexity index is 1230. The summed E-state index contributed by atoms with van der Waals surface area (Å²) in [5.74, 6) is 2.15. The summed E-state index contributed by atoms with van der Waals surface area (Å²) in [6.07, 6.45) is 2.10. The van der Waals surface area contributed by atoms with Crippen molar-refractivity contribution in [1.82, 2.24) is 14.8 Å². The summed E-state index contributed by atoms with van der Waals surface area (Å²) in [6, 6.07) is 13.4. The lowest BCUT2D eigenvalue weighted by molar-refractivity contribution is -0.113. The number of nitrogens with zero attached hydrogens (tertiary/aromatic N) is 3. The zero-order valence-corrected chi connectivity index (χ0v) is 21.8. The van der Waals surface area contributed by atoms with Crippen molar-refractivity contribution >= 4 is 29.3 Å². The van der Waals surface area contributed by atoms with Gasteiger partial charge in [0.05, 0.1) is 12.2 Å². The van der Waals surface area contributed by atoms with Gasteiger partial charge >= 0.3 is 0 Å². The molecule has 8 heteroatoms. The molecule has 184 valence electrons. The molecule has 2 heterocycles. The van der Waals surface area contributed by atoms with E-state index in [1.807, 2.05) is 67.9 Å². The van der Waals surface area contributed by atoms with Crippen molar-refractivity contribution in [2.24, 2.45) is 0 Å². The summed E-state index contributed by atoms with van der Waals surface area (Å²) < 4.78 is 7.67. The number of amides is 1.